The van der Waals surface area contributed by atoms with Crippen LogP contribution in [0.2, 0.25) is 0 Å². The fourth-order valence-electron chi connectivity index (χ4n) is 1.29. The van der Waals surface area contributed by atoms with Crippen LogP contribution >= 0.6 is 11.6 Å². The number of phenolic OH excluding ortho intramolecular Hbond substituents is 1. The van der Waals surface area contributed by atoms with Crippen LogP contribution in [0.5, 0.6) is 11.5 Å². The summed E-state index contributed by atoms with van der Waals surface area (Å²) in [6, 6.07) is 17.4. The Kier molecular flexibility index (Phi) is 14.3. The van der Waals surface area contributed by atoms with E-state index in [4.69, 9.17) is 21.4 Å². The van der Waals surface area contributed by atoms with E-state index in [0.717, 1.165) is 0 Å². The molecule has 7 heteroatoms. The van der Waals surface area contributed by atoms with Gasteiger partial charge >= 0.3 is 11.6 Å². The van der Waals surface area contributed by atoms with Gasteiger partial charge < -0.3 is 19.3 Å². The van der Waals surface area contributed by atoms with Crippen LogP contribution in [-0.4, -0.2) is 29.9 Å². The van der Waals surface area contributed by atoms with Crippen molar-refractivity contribution in [3.8, 4) is 11.5 Å². The van der Waals surface area contributed by atoms with E-state index < -0.39 is 11.6 Å². The van der Waals surface area contributed by atoms with E-state index in [0.29, 0.717) is 11.5 Å². The first-order chi connectivity index (χ1) is 13.0. The Morgan fingerprint density at radius 1 is 0.889 bits per heavy atom. The first-order valence-electron chi connectivity index (χ1n) is 7.67. The molecule has 0 amide bonds. The maximum absolute atomic E-state index is 10.9. The van der Waals surface area contributed by atoms with Crippen molar-refractivity contribution in [2.45, 2.75) is 0 Å². The molecule has 6 nitrogen and oxygen atoms in total. The molecule has 27 heavy (non-hydrogen) atoms. The molecule has 0 fully saturated rings. The van der Waals surface area contributed by atoms with Crippen molar-refractivity contribution in [3.05, 3.63) is 86.0 Å². The van der Waals surface area contributed by atoms with Crippen LogP contribution in [0.25, 0.3) is 0 Å². The minimum Gasteiger partial charge on any atom is -0.508 e. The average molecular weight is 393 g/mol. The highest BCUT2D eigenvalue weighted by Crippen LogP contribution is 2.08. The topological polar surface area (TPSA) is 82.1 Å². The molecule has 0 bridgehead atoms. The number of ether oxygens (including phenoxy) is 3. The lowest BCUT2D eigenvalue weighted by molar-refractivity contribution is 0.109. The second-order valence-corrected chi connectivity index (χ2v) is 4.75. The highest BCUT2D eigenvalue weighted by atomic mass is 35.5. The van der Waals surface area contributed by atoms with Gasteiger partial charge in [-0.1, -0.05) is 61.7 Å². The van der Waals surface area contributed by atoms with Crippen LogP contribution in [-0.2, 0) is 9.47 Å². The number of hydrogen-bond donors (Lipinski definition) is 1. The number of hydrogen-bond acceptors (Lipinski definition) is 6. The monoisotopic (exact) mass is 392 g/mol. The van der Waals surface area contributed by atoms with Crippen molar-refractivity contribution < 1.29 is 28.9 Å². The van der Waals surface area contributed by atoms with E-state index in [9.17, 15) is 9.59 Å². The zero-order chi connectivity index (χ0) is 20.3. The Labute approximate surface area is 163 Å². The molecule has 0 aromatic heterocycles. The number of phenols is 1. The quantitative estimate of drug-likeness (QED) is 0.320. The SMILES string of the molecule is C=CCOC(=O)Cl.C=CCOC(=O)Oc1ccccc1.Oc1ccccc1. The molecule has 0 aliphatic rings. The third-order valence-corrected chi connectivity index (χ3v) is 2.44. The number of para-hydroxylation sites is 2. The van der Waals surface area contributed by atoms with E-state index in [2.05, 4.69) is 22.6 Å². The molecule has 0 unspecified atom stereocenters. The van der Waals surface area contributed by atoms with Gasteiger partial charge in [0.1, 0.15) is 24.7 Å². The van der Waals surface area contributed by atoms with Crippen LogP contribution in [0.15, 0.2) is 86.0 Å². The molecule has 0 saturated carbocycles. The number of carbonyl (C=O) groups is 2. The summed E-state index contributed by atoms with van der Waals surface area (Å²) >= 11 is 4.75. The molecular weight excluding hydrogens is 372 g/mol. The molecule has 0 radical (unpaired) electrons. The summed E-state index contributed by atoms with van der Waals surface area (Å²) in [6.07, 6.45) is 2.21. The predicted octanol–water partition coefficient (Wildman–Crippen LogP) is 5.33. The Balaban J connectivity index is 0.000000410. The summed E-state index contributed by atoms with van der Waals surface area (Å²) in [5.74, 6) is 0.791. The van der Waals surface area contributed by atoms with E-state index in [1.807, 2.05) is 12.1 Å². The van der Waals surface area contributed by atoms with Gasteiger partial charge in [-0.25, -0.2) is 9.59 Å². The van der Waals surface area contributed by atoms with Gasteiger partial charge in [0.2, 0.25) is 0 Å². The standard InChI is InChI=1S/C10H10O3.C6H6O.C4H5ClO2/c1-2-8-12-10(11)13-9-6-4-3-5-7-9;7-6-4-2-1-3-5-6;1-2-3-7-4(5)6/h2-7H,1,8H2;1-5,7H;2H,1,3H2. The van der Waals surface area contributed by atoms with Crippen LogP contribution < -0.4 is 4.74 Å². The molecule has 0 spiro atoms. The number of benzene rings is 2. The molecular formula is C20H21ClO6. The van der Waals surface area contributed by atoms with Gasteiger partial charge in [0.05, 0.1) is 0 Å². The summed E-state index contributed by atoms with van der Waals surface area (Å²) in [6.45, 7) is 7.04. The molecule has 0 heterocycles. The minimum absolute atomic E-state index is 0.158. The molecule has 2 aromatic carbocycles. The van der Waals surface area contributed by atoms with E-state index >= 15 is 0 Å². The fourth-order valence-corrected chi connectivity index (χ4v) is 1.36. The fraction of sp³-hybridized carbons (Fsp3) is 0.100. The summed E-state index contributed by atoms with van der Waals surface area (Å²) in [5, 5.41) is 8.63. The van der Waals surface area contributed by atoms with Crippen LogP contribution in [0.4, 0.5) is 9.59 Å². The van der Waals surface area contributed by atoms with Gasteiger partial charge in [-0.3, -0.25) is 0 Å². The number of rotatable bonds is 5. The smallest absolute Gasteiger partial charge is 0.508 e. The molecule has 0 atom stereocenters. The van der Waals surface area contributed by atoms with Gasteiger partial charge in [0.25, 0.3) is 0 Å². The molecule has 0 aliphatic carbocycles. The molecule has 144 valence electrons. The summed E-state index contributed by atoms with van der Waals surface area (Å²) < 4.78 is 13.6. The van der Waals surface area contributed by atoms with Crippen LogP contribution in [0.1, 0.15) is 0 Å². The minimum atomic E-state index is -0.792. The zero-order valence-electron chi connectivity index (χ0n) is 14.6. The first-order valence-corrected chi connectivity index (χ1v) is 8.05. The molecule has 1 N–H and O–H groups in total. The van der Waals surface area contributed by atoms with Crippen molar-refractivity contribution in [1.29, 1.82) is 0 Å². The molecule has 0 saturated heterocycles. The summed E-state index contributed by atoms with van der Waals surface area (Å²) in [4.78, 5) is 20.6. The largest absolute Gasteiger partial charge is 0.514 e. The van der Waals surface area contributed by atoms with Crippen LogP contribution in [0, 0.1) is 0 Å². The highest BCUT2D eigenvalue weighted by Gasteiger charge is 2.02. The summed E-state index contributed by atoms with van der Waals surface area (Å²) in [7, 11) is 0. The van der Waals surface area contributed by atoms with Gasteiger partial charge in [0, 0.05) is 11.6 Å². The maximum Gasteiger partial charge on any atom is 0.514 e. The summed E-state index contributed by atoms with van der Waals surface area (Å²) in [5.41, 5.74) is -0.792. The maximum atomic E-state index is 10.9. The van der Waals surface area contributed by atoms with Crippen molar-refractivity contribution in [1.82, 2.24) is 0 Å². The Morgan fingerprint density at radius 2 is 1.37 bits per heavy atom. The zero-order valence-corrected chi connectivity index (χ0v) is 15.4. The number of carbonyl (C=O) groups excluding carboxylic acids is 2. The second-order valence-electron chi connectivity index (χ2n) is 4.44. The predicted molar refractivity (Wildman–Crippen MR) is 104 cm³/mol. The van der Waals surface area contributed by atoms with E-state index in [1.54, 1.807) is 48.5 Å². The highest BCUT2D eigenvalue weighted by molar-refractivity contribution is 6.61. The molecule has 2 aromatic rings. The van der Waals surface area contributed by atoms with Gasteiger partial charge in [-0.15, -0.1) is 0 Å². The Bertz CT molecular complexity index is 673. The van der Waals surface area contributed by atoms with E-state index in [-0.39, 0.29) is 13.2 Å². The second kappa shape index (κ2) is 16.2. The lowest BCUT2D eigenvalue weighted by Gasteiger charge is -2.02. The normalized spacial score (nSPS) is 8.48. The Hall–Kier alpha value is -3.25. The van der Waals surface area contributed by atoms with Crippen molar-refractivity contribution >= 4 is 23.2 Å². The lowest BCUT2D eigenvalue weighted by atomic mass is 10.3. The number of aromatic hydroxyl groups is 1. The molecule has 0 aliphatic heterocycles. The van der Waals surface area contributed by atoms with Crippen molar-refractivity contribution in [2.24, 2.45) is 0 Å². The van der Waals surface area contributed by atoms with Gasteiger partial charge in [-0.05, 0) is 24.3 Å². The molecule has 2 rings (SSSR count). The first kappa shape index (κ1) is 23.8. The number of halogens is 1. The van der Waals surface area contributed by atoms with Crippen molar-refractivity contribution in [2.75, 3.05) is 13.2 Å². The third kappa shape index (κ3) is 16.0. The average Bonchev–Trinajstić information content (AvgIpc) is 2.67. The lowest BCUT2D eigenvalue weighted by Crippen LogP contribution is -2.10. The van der Waals surface area contributed by atoms with E-state index in [1.165, 1.54) is 12.2 Å². The third-order valence-electron chi connectivity index (χ3n) is 2.33. The van der Waals surface area contributed by atoms with Gasteiger partial charge in [-0.2, -0.15) is 0 Å². The Morgan fingerprint density at radius 3 is 1.74 bits per heavy atom. The van der Waals surface area contributed by atoms with Crippen LogP contribution in [0.3, 0.4) is 0 Å². The van der Waals surface area contributed by atoms with Crippen molar-refractivity contribution in [3.63, 3.8) is 0 Å². The van der Waals surface area contributed by atoms with Gasteiger partial charge in [0.15, 0.2) is 0 Å².